The number of fused-ring (bicyclic) bond motifs is 1. The van der Waals surface area contributed by atoms with Crippen LogP contribution in [0.1, 0.15) is 22.3 Å². The van der Waals surface area contributed by atoms with E-state index in [1.165, 1.54) is 0 Å². The molecule has 0 bridgehead atoms. The van der Waals surface area contributed by atoms with Gasteiger partial charge in [-0.15, -0.1) is 0 Å². The summed E-state index contributed by atoms with van der Waals surface area (Å²) in [5, 5.41) is 0. The number of aryl methyl sites for hydroxylation is 1. The van der Waals surface area contributed by atoms with Crippen LogP contribution in [-0.4, -0.2) is 12.0 Å². The molecule has 1 aliphatic carbocycles. The van der Waals surface area contributed by atoms with Crippen LogP contribution in [0.3, 0.4) is 0 Å². The lowest BCUT2D eigenvalue weighted by molar-refractivity contribution is 0.0856. The van der Waals surface area contributed by atoms with Gasteiger partial charge < -0.3 is 0 Å². The Morgan fingerprint density at radius 2 is 1.84 bits per heavy atom. The zero-order chi connectivity index (χ0) is 13.2. The Kier molecular flexibility index (Phi) is 3.38. The molecule has 2 aromatic carbocycles. The minimum Gasteiger partial charge on any atom is -0.291 e. The molecule has 0 N–H and O–H groups in total. The highest BCUT2D eigenvalue weighted by Crippen LogP contribution is 2.31. The lowest BCUT2D eigenvalue weighted by Crippen LogP contribution is -2.23. The van der Waals surface area contributed by atoms with Crippen molar-refractivity contribution in [2.24, 2.45) is 0 Å². The molecule has 0 aromatic heterocycles. The predicted octanol–water partition coefficient (Wildman–Crippen LogP) is 4.30. The largest absolute Gasteiger partial charge is 0.291 e. The number of hydrogen-bond donors (Lipinski definition) is 0. The Balaban J connectivity index is 1.88. The van der Waals surface area contributed by atoms with E-state index >= 15 is 0 Å². The van der Waals surface area contributed by atoms with E-state index in [0.29, 0.717) is 18.4 Å². The van der Waals surface area contributed by atoms with Crippen LogP contribution < -0.4 is 0 Å². The van der Waals surface area contributed by atoms with Crippen LogP contribution in [0, 0.1) is 0 Å². The standard InChI is InChI=1S/C16H13FOS/c17-15-9-6-11-10-13(7-8-14(11)16(15)18)19-12-4-2-1-3-5-12/h1-5,7-8,10,15H,6,9H2. The van der Waals surface area contributed by atoms with Crippen LogP contribution in [-0.2, 0) is 6.42 Å². The molecule has 96 valence electrons. The summed E-state index contributed by atoms with van der Waals surface area (Å²) in [7, 11) is 0. The van der Waals surface area contributed by atoms with Gasteiger partial charge in [-0.05, 0) is 48.7 Å². The first-order valence-electron chi connectivity index (χ1n) is 6.28. The zero-order valence-corrected chi connectivity index (χ0v) is 11.1. The first kappa shape index (κ1) is 12.4. The highest BCUT2D eigenvalue weighted by molar-refractivity contribution is 7.99. The Labute approximate surface area is 115 Å². The van der Waals surface area contributed by atoms with Crippen LogP contribution in [0.5, 0.6) is 0 Å². The highest BCUT2D eigenvalue weighted by atomic mass is 32.2. The Bertz CT molecular complexity index is 609. The lowest BCUT2D eigenvalue weighted by Gasteiger charge is -2.18. The van der Waals surface area contributed by atoms with Gasteiger partial charge in [0, 0.05) is 15.4 Å². The summed E-state index contributed by atoms with van der Waals surface area (Å²) in [5.41, 5.74) is 1.52. The van der Waals surface area contributed by atoms with Gasteiger partial charge in [0.05, 0.1) is 0 Å². The Morgan fingerprint density at radius 3 is 2.63 bits per heavy atom. The Morgan fingerprint density at radius 1 is 1.05 bits per heavy atom. The molecule has 0 spiro atoms. The molecule has 2 aromatic rings. The molecule has 19 heavy (non-hydrogen) atoms. The molecule has 0 saturated heterocycles. The van der Waals surface area contributed by atoms with Crippen LogP contribution >= 0.6 is 11.8 Å². The third-order valence-electron chi connectivity index (χ3n) is 3.27. The normalized spacial score (nSPS) is 18.2. The number of alkyl halides is 1. The quantitative estimate of drug-likeness (QED) is 0.810. The van der Waals surface area contributed by atoms with Crippen molar-refractivity contribution < 1.29 is 9.18 Å². The van der Waals surface area contributed by atoms with Crippen LogP contribution in [0.2, 0.25) is 0 Å². The second-order valence-electron chi connectivity index (χ2n) is 4.60. The molecular formula is C16H13FOS. The number of halogens is 1. The minimum atomic E-state index is -1.32. The number of carbonyl (C=O) groups is 1. The van der Waals surface area contributed by atoms with E-state index in [0.717, 1.165) is 15.4 Å². The second kappa shape index (κ2) is 5.17. The van der Waals surface area contributed by atoms with E-state index < -0.39 is 6.17 Å². The van der Waals surface area contributed by atoms with Crippen molar-refractivity contribution in [2.45, 2.75) is 28.8 Å². The van der Waals surface area contributed by atoms with Crippen LogP contribution in [0.4, 0.5) is 4.39 Å². The average molecular weight is 272 g/mol. The fraction of sp³-hybridized carbons (Fsp3) is 0.188. The molecule has 0 fully saturated rings. The molecule has 1 nitrogen and oxygen atoms in total. The molecule has 0 aliphatic heterocycles. The van der Waals surface area contributed by atoms with Crippen molar-refractivity contribution in [1.29, 1.82) is 0 Å². The van der Waals surface area contributed by atoms with Gasteiger partial charge in [0.15, 0.2) is 12.0 Å². The molecule has 0 radical (unpaired) electrons. The van der Waals surface area contributed by atoms with Gasteiger partial charge in [0.2, 0.25) is 0 Å². The van der Waals surface area contributed by atoms with Crippen LogP contribution in [0.15, 0.2) is 58.3 Å². The number of hydrogen-bond acceptors (Lipinski definition) is 2. The summed E-state index contributed by atoms with van der Waals surface area (Å²) in [6.07, 6.45) is -0.364. The van der Waals surface area contributed by atoms with Gasteiger partial charge in [0.25, 0.3) is 0 Å². The van der Waals surface area contributed by atoms with Gasteiger partial charge in [-0.1, -0.05) is 30.0 Å². The molecule has 1 unspecified atom stereocenters. The van der Waals surface area contributed by atoms with Gasteiger partial charge in [-0.25, -0.2) is 4.39 Å². The second-order valence-corrected chi connectivity index (χ2v) is 5.75. The van der Waals surface area contributed by atoms with Crippen molar-refractivity contribution >= 4 is 17.5 Å². The molecule has 1 atom stereocenters. The van der Waals surface area contributed by atoms with E-state index in [2.05, 4.69) is 0 Å². The van der Waals surface area contributed by atoms with Crippen LogP contribution in [0.25, 0.3) is 0 Å². The molecule has 1 aliphatic rings. The van der Waals surface area contributed by atoms with Crippen molar-refractivity contribution in [3.8, 4) is 0 Å². The van der Waals surface area contributed by atoms with Crippen molar-refractivity contribution in [1.82, 2.24) is 0 Å². The summed E-state index contributed by atoms with van der Waals surface area (Å²) in [6.45, 7) is 0. The summed E-state index contributed by atoms with van der Waals surface area (Å²) in [6, 6.07) is 15.7. The van der Waals surface area contributed by atoms with Gasteiger partial charge in [0.1, 0.15) is 0 Å². The average Bonchev–Trinajstić information content (AvgIpc) is 2.44. The molecular weight excluding hydrogens is 259 g/mol. The number of Topliss-reactive ketones (excluding diaryl/α,β-unsaturated/α-hetero) is 1. The third kappa shape index (κ3) is 2.56. The topological polar surface area (TPSA) is 17.1 Å². The minimum absolute atomic E-state index is 0.311. The molecule has 3 heteroatoms. The van der Waals surface area contributed by atoms with E-state index in [9.17, 15) is 9.18 Å². The van der Waals surface area contributed by atoms with E-state index in [1.807, 2.05) is 42.5 Å². The van der Waals surface area contributed by atoms with Gasteiger partial charge in [-0.3, -0.25) is 4.79 Å². The van der Waals surface area contributed by atoms with Crippen molar-refractivity contribution in [3.63, 3.8) is 0 Å². The third-order valence-corrected chi connectivity index (χ3v) is 4.27. The van der Waals surface area contributed by atoms with E-state index in [1.54, 1.807) is 17.8 Å². The maximum absolute atomic E-state index is 13.3. The first-order valence-corrected chi connectivity index (χ1v) is 7.10. The summed E-state index contributed by atoms with van der Waals surface area (Å²) < 4.78 is 13.3. The van der Waals surface area contributed by atoms with Gasteiger partial charge in [-0.2, -0.15) is 0 Å². The number of ketones is 1. The highest BCUT2D eigenvalue weighted by Gasteiger charge is 2.26. The number of benzene rings is 2. The summed E-state index contributed by atoms with van der Waals surface area (Å²) in [4.78, 5) is 14.0. The smallest absolute Gasteiger partial charge is 0.197 e. The maximum atomic E-state index is 13.3. The molecule has 0 heterocycles. The fourth-order valence-electron chi connectivity index (χ4n) is 2.29. The van der Waals surface area contributed by atoms with E-state index in [-0.39, 0.29) is 5.78 Å². The lowest BCUT2D eigenvalue weighted by atomic mass is 9.89. The molecule has 3 rings (SSSR count). The SMILES string of the molecule is O=C1c2ccc(Sc3ccccc3)cc2CCC1F. The summed E-state index contributed by atoms with van der Waals surface area (Å²) in [5.74, 6) is -0.363. The van der Waals surface area contributed by atoms with Crippen molar-refractivity contribution in [3.05, 3.63) is 59.7 Å². The maximum Gasteiger partial charge on any atom is 0.197 e. The molecule has 0 amide bonds. The fourth-order valence-corrected chi connectivity index (χ4v) is 3.19. The monoisotopic (exact) mass is 272 g/mol. The predicted molar refractivity (Wildman–Crippen MR) is 74.6 cm³/mol. The Hall–Kier alpha value is -1.61. The first-order chi connectivity index (χ1) is 9.24. The molecule has 0 saturated carbocycles. The summed E-state index contributed by atoms with van der Waals surface area (Å²) >= 11 is 1.66. The zero-order valence-electron chi connectivity index (χ0n) is 10.3. The van der Waals surface area contributed by atoms with Crippen molar-refractivity contribution in [2.75, 3.05) is 0 Å². The van der Waals surface area contributed by atoms with E-state index in [4.69, 9.17) is 0 Å². The van der Waals surface area contributed by atoms with Gasteiger partial charge >= 0.3 is 0 Å². The number of rotatable bonds is 2. The number of carbonyl (C=O) groups excluding carboxylic acids is 1.